The molecule has 0 saturated carbocycles. The maximum Gasteiger partial charge on any atom is 0.328 e. The van der Waals surface area contributed by atoms with Crippen LogP contribution in [0.1, 0.15) is 16.9 Å². The molecule has 0 radical (unpaired) electrons. The van der Waals surface area contributed by atoms with Crippen molar-refractivity contribution in [3.05, 3.63) is 40.1 Å². The van der Waals surface area contributed by atoms with Crippen molar-refractivity contribution in [2.75, 3.05) is 13.6 Å². The zero-order chi connectivity index (χ0) is 14.3. The molecule has 0 amide bonds. The first-order valence-corrected chi connectivity index (χ1v) is 6.76. The summed E-state index contributed by atoms with van der Waals surface area (Å²) in [4.78, 5) is 12.9. The molecular weight excluding hydrogens is 278 g/mol. The van der Waals surface area contributed by atoms with Crippen molar-refractivity contribution in [1.29, 1.82) is 0 Å². The lowest BCUT2D eigenvalue weighted by molar-refractivity contribution is -0.131. The van der Waals surface area contributed by atoms with Crippen LogP contribution in [0.15, 0.2) is 22.6 Å². The standard InChI is InChI=1S/C15H14ClNO3/c1-17-7-6-9-11(16)2-3-13-15(9)10(8-17)12(20-13)4-5-14(18)19/h2-5H,6-8H2,1H3,(H,18,19)/b5-4-. The lowest BCUT2D eigenvalue weighted by atomic mass is 10.0. The third-order valence-electron chi connectivity index (χ3n) is 3.59. The molecule has 1 aliphatic rings. The number of carboxylic acids is 1. The van der Waals surface area contributed by atoms with E-state index >= 15 is 0 Å². The molecule has 4 nitrogen and oxygen atoms in total. The van der Waals surface area contributed by atoms with Crippen molar-refractivity contribution in [2.24, 2.45) is 0 Å². The molecule has 1 aromatic heterocycles. The summed E-state index contributed by atoms with van der Waals surface area (Å²) in [7, 11) is 2.03. The highest BCUT2D eigenvalue weighted by atomic mass is 35.5. The van der Waals surface area contributed by atoms with Gasteiger partial charge in [-0.15, -0.1) is 0 Å². The van der Waals surface area contributed by atoms with Crippen molar-refractivity contribution < 1.29 is 14.3 Å². The maximum atomic E-state index is 10.7. The van der Waals surface area contributed by atoms with E-state index in [4.69, 9.17) is 21.1 Å². The van der Waals surface area contributed by atoms with Crippen molar-refractivity contribution in [2.45, 2.75) is 13.0 Å². The Labute approximate surface area is 121 Å². The number of rotatable bonds is 2. The van der Waals surface area contributed by atoms with Crippen LogP contribution < -0.4 is 0 Å². The number of halogens is 1. The molecule has 2 aromatic rings. The maximum absolute atomic E-state index is 10.7. The molecule has 0 unspecified atom stereocenters. The van der Waals surface area contributed by atoms with Crippen LogP contribution in [0.4, 0.5) is 0 Å². The molecule has 0 aliphatic carbocycles. The molecule has 0 spiro atoms. The number of carboxylic acid groups (broad SMARTS) is 1. The summed E-state index contributed by atoms with van der Waals surface area (Å²) >= 11 is 6.29. The highest BCUT2D eigenvalue weighted by Gasteiger charge is 2.22. The molecule has 1 aromatic carbocycles. The first-order valence-electron chi connectivity index (χ1n) is 6.38. The second-order valence-corrected chi connectivity index (χ2v) is 5.41. The third-order valence-corrected chi connectivity index (χ3v) is 3.94. The molecule has 1 aliphatic heterocycles. The van der Waals surface area contributed by atoms with Gasteiger partial charge in [0.05, 0.1) is 0 Å². The number of hydrogen-bond donors (Lipinski definition) is 1. The average molecular weight is 292 g/mol. The normalized spacial score (nSPS) is 15.9. The Kier molecular flexibility index (Phi) is 3.28. The summed E-state index contributed by atoms with van der Waals surface area (Å²) < 4.78 is 5.78. The van der Waals surface area contributed by atoms with E-state index in [-0.39, 0.29) is 0 Å². The van der Waals surface area contributed by atoms with E-state index in [1.165, 1.54) is 6.08 Å². The molecule has 0 fully saturated rings. The summed E-state index contributed by atoms with van der Waals surface area (Å²) in [6.07, 6.45) is 3.47. The SMILES string of the molecule is CN1CCc2c(Cl)ccc3oc(/C=C\C(=O)O)c(c23)C1. The molecule has 1 N–H and O–H groups in total. The van der Waals surface area contributed by atoms with Gasteiger partial charge in [0, 0.05) is 35.1 Å². The number of benzene rings is 1. The number of carbonyl (C=O) groups is 1. The van der Waals surface area contributed by atoms with Gasteiger partial charge < -0.3 is 14.4 Å². The van der Waals surface area contributed by atoms with Crippen LogP contribution in [0.3, 0.4) is 0 Å². The fourth-order valence-corrected chi connectivity index (χ4v) is 2.91. The smallest absolute Gasteiger partial charge is 0.328 e. The summed E-state index contributed by atoms with van der Waals surface area (Å²) in [6, 6.07) is 3.68. The van der Waals surface area contributed by atoms with Crippen molar-refractivity contribution in [1.82, 2.24) is 4.90 Å². The molecule has 104 valence electrons. The third kappa shape index (κ3) is 2.21. The molecule has 0 saturated heterocycles. The minimum atomic E-state index is -0.988. The zero-order valence-electron chi connectivity index (χ0n) is 11.0. The quantitative estimate of drug-likeness (QED) is 0.864. The van der Waals surface area contributed by atoms with E-state index in [0.29, 0.717) is 5.76 Å². The predicted molar refractivity (Wildman–Crippen MR) is 77.9 cm³/mol. The minimum Gasteiger partial charge on any atom is -0.478 e. The first-order chi connectivity index (χ1) is 9.56. The van der Waals surface area contributed by atoms with Crippen LogP contribution in [-0.2, 0) is 17.8 Å². The minimum absolute atomic E-state index is 0.597. The van der Waals surface area contributed by atoms with E-state index in [2.05, 4.69) is 4.90 Å². The molecule has 0 bridgehead atoms. The van der Waals surface area contributed by atoms with E-state index in [1.54, 1.807) is 0 Å². The lowest BCUT2D eigenvalue weighted by Crippen LogP contribution is -2.18. The molecule has 3 rings (SSSR count). The fourth-order valence-electron chi connectivity index (χ4n) is 2.65. The van der Waals surface area contributed by atoms with E-state index < -0.39 is 5.97 Å². The van der Waals surface area contributed by atoms with Crippen LogP contribution in [0.25, 0.3) is 17.0 Å². The van der Waals surface area contributed by atoms with Crippen LogP contribution in [0.5, 0.6) is 0 Å². The van der Waals surface area contributed by atoms with Crippen molar-refractivity contribution in [3.8, 4) is 0 Å². The van der Waals surface area contributed by atoms with E-state index in [1.807, 2.05) is 19.2 Å². The second kappa shape index (κ2) is 4.96. The Hall–Kier alpha value is -1.78. The zero-order valence-corrected chi connectivity index (χ0v) is 11.8. The second-order valence-electron chi connectivity index (χ2n) is 5.00. The highest BCUT2D eigenvalue weighted by molar-refractivity contribution is 6.32. The van der Waals surface area contributed by atoms with Crippen LogP contribution in [0, 0.1) is 0 Å². The molecule has 5 heteroatoms. The molecule has 2 heterocycles. The number of nitrogens with zero attached hydrogens (tertiary/aromatic N) is 1. The van der Waals surface area contributed by atoms with Gasteiger partial charge in [-0.1, -0.05) is 11.6 Å². The number of hydrogen-bond acceptors (Lipinski definition) is 3. The Bertz CT molecular complexity index is 717. The van der Waals surface area contributed by atoms with Gasteiger partial charge in [-0.05, 0) is 37.2 Å². The van der Waals surface area contributed by atoms with Crippen LogP contribution >= 0.6 is 11.6 Å². The van der Waals surface area contributed by atoms with Crippen molar-refractivity contribution >= 4 is 34.6 Å². The van der Waals surface area contributed by atoms with Crippen LogP contribution in [-0.4, -0.2) is 29.6 Å². The number of aliphatic carboxylic acids is 1. The molecular formula is C15H14ClNO3. The number of likely N-dealkylation sites (N-methyl/N-ethyl adjacent to an activating group) is 1. The van der Waals surface area contributed by atoms with Gasteiger partial charge >= 0.3 is 5.97 Å². The van der Waals surface area contributed by atoms with Gasteiger partial charge in [0.2, 0.25) is 0 Å². The summed E-state index contributed by atoms with van der Waals surface area (Å²) in [5.74, 6) is -0.391. The monoisotopic (exact) mass is 291 g/mol. The van der Waals surface area contributed by atoms with Gasteiger partial charge in [-0.3, -0.25) is 0 Å². The highest BCUT2D eigenvalue weighted by Crippen LogP contribution is 2.36. The molecule has 0 atom stereocenters. The Balaban J connectivity index is 2.25. The Morgan fingerprint density at radius 3 is 3.00 bits per heavy atom. The Morgan fingerprint density at radius 1 is 1.45 bits per heavy atom. The Morgan fingerprint density at radius 2 is 2.25 bits per heavy atom. The predicted octanol–water partition coefficient (Wildman–Crippen LogP) is 3.17. The topological polar surface area (TPSA) is 53.7 Å². The summed E-state index contributed by atoms with van der Waals surface area (Å²) in [5, 5.41) is 10.5. The fraction of sp³-hybridized carbons (Fsp3) is 0.267. The van der Waals surface area contributed by atoms with Gasteiger partial charge in [0.25, 0.3) is 0 Å². The summed E-state index contributed by atoms with van der Waals surface area (Å²) in [6.45, 7) is 1.63. The van der Waals surface area contributed by atoms with Crippen molar-refractivity contribution in [3.63, 3.8) is 0 Å². The van der Waals surface area contributed by atoms with E-state index in [9.17, 15) is 4.79 Å². The van der Waals surface area contributed by atoms with Gasteiger partial charge in [0.1, 0.15) is 11.3 Å². The van der Waals surface area contributed by atoms with Gasteiger partial charge in [0.15, 0.2) is 0 Å². The van der Waals surface area contributed by atoms with Gasteiger partial charge in [-0.25, -0.2) is 4.79 Å². The average Bonchev–Trinajstić information content (AvgIpc) is 2.62. The van der Waals surface area contributed by atoms with Crippen LogP contribution in [0.2, 0.25) is 5.02 Å². The summed E-state index contributed by atoms with van der Waals surface area (Å²) in [5.41, 5.74) is 2.86. The lowest BCUT2D eigenvalue weighted by Gasteiger charge is -2.12. The number of furan rings is 1. The first kappa shape index (κ1) is 13.2. The van der Waals surface area contributed by atoms with Gasteiger partial charge in [-0.2, -0.15) is 0 Å². The largest absolute Gasteiger partial charge is 0.478 e. The molecule has 20 heavy (non-hydrogen) atoms. The van der Waals surface area contributed by atoms with E-state index in [0.717, 1.165) is 52.7 Å².